The van der Waals surface area contributed by atoms with Gasteiger partial charge in [0.2, 0.25) is 5.91 Å². The van der Waals surface area contributed by atoms with Crippen LogP contribution in [0.5, 0.6) is 5.75 Å². The number of benzene rings is 2. The summed E-state index contributed by atoms with van der Waals surface area (Å²) in [6, 6.07) is 17.3. The van der Waals surface area contributed by atoms with Crippen LogP contribution in [0.15, 0.2) is 59.8 Å². The second-order valence-electron chi connectivity index (χ2n) is 7.50. The Bertz CT molecular complexity index is 1350. The molecule has 8 nitrogen and oxygen atoms in total. The zero-order valence-corrected chi connectivity index (χ0v) is 18.4. The fourth-order valence-corrected chi connectivity index (χ4v) is 4.77. The van der Waals surface area contributed by atoms with E-state index in [9.17, 15) is 9.59 Å². The van der Waals surface area contributed by atoms with Gasteiger partial charge in [-0.15, -0.1) is 10.2 Å². The molecule has 0 radical (unpaired) electrons. The van der Waals surface area contributed by atoms with E-state index >= 15 is 0 Å². The van der Waals surface area contributed by atoms with Crippen molar-refractivity contribution in [3.63, 3.8) is 0 Å². The molecule has 0 saturated carbocycles. The number of rotatable bonds is 4. The third-order valence-electron chi connectivity index (χ3n) is 5.51. The number of pyridine rings is 1. The SMILES string of the molecule is CNC(=O)C1CN(C(=O)CSc2nnc3cc(C)c4ccccc4n23)c2ccccc2O1. The number of aryl methyl sites for hydroxylation is 1. The van der Waals surface area contributed by atoms with Gasteiger partial charge in [0.25, 0.3) is 5.91 Å². The number of hydrogen-bond acceptors (Lipinski definition) is 6. The van der Waals surface area contributed by atoms with Crippen molar-refractivity contribution in [3.8, 4) is 5.75 Å². The maximum atomic E-state index is 13.2. The quantitative estimate of drug-likeness (QED) is 0.484. The second kappa shape index (κ2) is 8.16. The van der Waals surface area contributed by atoms with Crippen LogP contribution in [0.2, 0.25) is 0 Å². The topological polar surface area (TPSA) is 88.8 Å². The van der Waals surface area contributed by atoms with Crippen LogP contribution in [-0.4, -0.2) is 51.9 Å². The summed E-state index contributed by atoms with van der Waals surface area (Å²) in [7, 11) is 1.55. The molecule has 1 aliphatic rings. The highest BCUT2D eigenvalue weighted by Gasteiger charge is 2.33. The van der Waals surface area contributed by atoms with Crippen molar-refractivity contribution in [1.82, 2.24) is 19.9 Å². The van der Waals surface area contributed by atoms with Gasteiger partial charge < -0.3 is 15.0 Å². The number of carbonyl (C=O) groups is 2. The van der Waals surface area contributed by atoms with Gasteiger partial charge in [0.1, 0.15) is 5.75 Å². The van der Waals surface area contributed by atoms with Gasteiger partial charge in [-0.2, -0.15) is 0 Å². The molecule has 32 heavy (non-hydrogen) atoms. The number of aromatic nitrogens is 3. The molecule has 2 amide bonds. The average molecular weight is 448 g/mol. The molecule has 2 aromatic carbocycles. The van der Waals surface area contributed by atoms with Gasteiger partial charge in [-0.3, -0.25) is 14.0 Å². The molecular weight excluding hydrogens is 426 g/mol. The molecule has 1 unspecified atom stereocenters. The van der Waals surface area contributed by atoms with Gasteiger partial charge in [0, 0.05) is 12.4 Å². The molecule has 3 heterocycles. The molecule has 0 aliphatic carbocycles. The third kappa shape index (κ3) is 3.44. The highest BCUT2D eigenvalue weighted by molar-refractivity contribution is 7.99. The monoisotopic (exact) mass is 447 g/mol. The summed E-state index contributed by atoms with van der Waals surface area (Å²) in [5, 5.41) is 13.0. The second-order valence-corrected chi connectivity index (χ2v) is 8.44. The Morgan fingerprint density at radius 2 is 1.94 bits per heavy atom. The maximum absolute atomic E-state index is 13.2. The lowest BCUT2D eigenvalue weighted by atomic mass is 10.1. The Morgan fingerprint density at radius 3 is 2.78 bits per heavy atom. The van der Waals surface area contributed by atoms with Crippen molar-refractivity contribution in [2.75, 3.05) is 24.2 Å². The minimum absolute atomic E-state index is 0.132. The van der Waals surface area contributed by atoms with Crippen LogP contribution < -0.4 is 15.0 Å². The zero-order chi connectivity index (χ0) is 22.2. The lowest BCUT2D eigenvalue weighted by Gasteiger charge is -2.33. The van der Waals surface area contributed by atoms with E-state index in [1.165, 1.54) is 11.8 Å². The van der Waals surface area contributed by atoms with Crippen molar-refractivity contribution in [1.29, 1.82) is 0 Å². The van der Waals surface area contributed by atoms with Crippen LogP contribution in [0.1, 0.15) is 5.56 Å². The van der Waals surface area contributed by atoms with Gasteiger partial charge in [0.05, 0.1) is 23.5 Å². The Balaban J connectivity index is 1.43. The van der Waals surface area contributed by atoms with Gasteiger partial charge >= 0.3 is 0 Å². The molecule has 1 N–H and O–H groups in total. The molecule has 2 aromatic heterocycles. The number of fused-ring (bicyclic) bond motifs is 4. The molecule has 4 aromatic rings. The van der Waals surface area contributed by atoms with E-state index in [4.69, 9.17) is 4.74 Å². The number of carbonyl (C=O) groups excluding carboxylic acids is 2. The summed E-state index contributed by atoms with van der Waals surface area (Å²) in [6.07, 6.45) is -0.760. The Kier molecular flexibility index (Phi) is 5.18. The van der Waals surface area contributed by atoms with Crippen LogP contribution >= 0.6 is 11.8 Å². The molecule has 0 fully saturated rings. The van der Waals surface area contributed by atoms with E-state index < -0.39 is 6.10 Å². The third-order valence-corrected chi connectivity index (χ3v) is 6.43. The molecule has 0 saturated heterocycles. The normalized spacial score (nSPS) is 15.4. The van der Waals surface area contributed by atoms with E-state index in [-0.39, 0.29) is 24.1 Å². The van der Waals surface area contributed by atoms with Crippen LogP contribution in [0, 0.1) is 6.92 Å². The molecule has 162 valence electrons. The fraction of sp³-hybridized carbons (Fsp3) is 0.217. The van der Waals surface area contributed by atoms with Gasteiger partial charge in [0.15, 0.2) is 16.9 Å². The lowest BCUT2D eigenvalue weighted by molar-refractivity contribution is -0.127. The molecule has 0 bridgehead atoms. The molecule has 1 aliphatic heterocycles. The number of nitrogens with one attached hydrogen (secondary N) is 1. The van der Waals surface area contributed by atoms with Gasteiger partial charge in [-0.25, -0.2) is 0 Å². The van der Waals surface area contributed by atoms with Gasteiger partial charge in [-0.1, -0.05) is 42.1 Å². The number of amides is 2. The zero-order valence-electron chi connectivity index (χ0n) is 17.6. The summed E-state index contributed by atoms with van der Waals surface area (Å²) in [6.45, 7) is 2.20. The van der Waals surface area contributed by atoms with Crippen LogP contribution in [0.3, 0.4) is 0 Å². The highest BCUT2D eigenvalue weighted by atomic mass is 32.2. The Labute approximate surface area is 188 Å². The van der Waals surface area contributed by atoms with E-state index in [0.717, 1.165) is 22.1 Å². The number of ether oxygens (including phenoxy) is 1. The number of anilines is 1. The molecule has 0 spiro atoms. The van der Waals surface area contributed by atoms with E-state index in [0.29, 0.717) is 16.6 Å². The predicted molar refractivity (Wildman–Crippen MR) is 123 cm³/mol. The first-order valence-electron chi connectivity index (χ1n) is 10.2. The Hall–Kier alpha value is -3.59. The standard InChI is InChI=1S/C23H21N5O3S/c1-14-11-20-25-26-23(28(20)16-8-4-3-7-15(14)16)32-13-21(29)27-12-19(22(30)24-2)31-18-10-6-5-9-17(18)27/h3-11,19H,12-13H2,1-2H3,(H,24,30). The number of thioether (sulfide) groups is 1. The minimum Gasteiger partial charge on any atom is -0.477 e. The lowest BCUT2D eigenvalue weighted by Crippen LogP contribution is -2.50. The summed E-state index contributed by atoms with van der Waals surface area (Å²) in [5.74, 6) is 0.265. The number of hydrogen-bond donors (Lipinski definition) is 1. The smallest absolute Gasteiger partial charge is 0.262 e. The largest absolute Gasteiger partial charge is 0.477 e. The highest BCUT2D eigenvalue weighted by Crippen LogP contribution is 2.34. The molecule has 9 heteroatoms. The first-order valence-corrected chi connectivity index (χ1v) is 11.2. The Morgan fingerprint density at radius 1 is 1.16 bits per heavy atom. The average Bonchev–Trinajstić information content (AvgIpc) is 3.24. The summed E-state index contributed by atoms with van der Waals surface area (Å²) < 4.78 is 7.77. The van der Waals surface area contributed by atoms with Crippen molar-refractivity contribution in [2.45, 2.75) is 18.2 Å². The number of para-hydroxylation sites is 3. The van der Waals surface area contributed by atoms with Crippen LogP contribution in [0.25, 0.3) is 16.6 Å². The van der Waals surface area contributed by atoms with Crippen molar-refractivity contribution in [2.24, 2.45) is 0 Å². The number of likely N-dealkylation sites (N-methyl/N-ethyl adjacent to an activating group) is 1. The molecular formula is C23H21N5O3S. The minimum atomic E-state index is -0.760. The van der Waals surface area contributed by atoms with Gasteiger partial charge in [-0.05, 0) is 36.8 Å². The fourth-order valence-electron chi connectivity index (χ4n) is 3.94. The summed E-state index contributed by atoms with van der Waals surface area (Å²) >= 11 is 1.33. The summed E-state index contributed by atoms with van der Waals surface area (Å²) in [4.78, 5) is 27.0. The predicted octanol–water partition coefficient (Wildman–Crippen LogP) is 2.82. The summed E-state index contributed by atoms with van der Waals surface area (Å²) in [5.41, 5.74) is 3.52. The van der Waals surface area contributed by atoms with Crippen molar-refractivity contribution < 1.29 is 14.3 Å². The number of nitrogens with zero attached hydrogens (tertiary/aromatic N) is 4. The maximum Gasteiger partial charge on any atom is 0.262 e. The van der Waals surface area contributed by atoms with Crippen molar-refractivity contribution >= 4 is 45.8 Å². The van der Waals surface area contributed by atoms with E-state index in [2.05, 4.69) is 21.6 Å². The molecule has 1 atom stereocenters. The van der Waals surface area contributed by atoms with Crippen LogP contribution in [0.4, 0.5) is 5.69 Å². The first-order chi connectivity index (χ1) is 15.6. The molecule has 5 rings (SSSR count). The first kappa shape index (κ1) is 20.3. The van der Waals surface area contributed by atoms with Crippen LogP contribution in [-0.2, 0) is 9.59 Å². The van der Waals surface area contributed by atoms with Crippen molar-refractivity contribution in [3.05, 3.63) is 60.2 Å². The van der Waals surface area contributed by atoms with E-state index in [1.54, 1.807) is 18.0 Å². The van der Waals surface area contributed by atoms with E-state index in [1.807, 2.05) is 53.8 Å².